The Morgan fingerprint density at radius 1 is 0.941 bits per heavy atom. The summed E-state index contributed by atoms with van der Waals surface area (Å²) in [7, 11) is 0. The number of nitro groups is 1. The molecule has 0 atom stereocenters. The highest BCUT2D eigenvalue weighted by Crippen LogP contribution is 2.28. The zero-order chi connectivity index (χ0) is 24.2. The van der Waals surface area contributed by atoms with Gasteiger partial charge in [-0.2, -0.15) is 0 Å². The lowest BCUT2D eigenvalue weighted by atomic mass is 10.1. The van der Waals surface area contributed by atoms with Crippen LogP contribution >= 0.6 is 11.6 Å². The van der Waals surface area contributed by atoms with Gasteiger partial charge in [0.25, 0.3) is 17.5 Å². The Labute approximate surface area is 201 Å². The number of hydrogen-bond acceptors (Lipinski definition) is 5. The van der Waals surface area contributed by atoms with Crippen molar-refractivity contribution in [2.45, 2.75) is 6.92 Å². The summed E-state index contributed by atoms with van der Waals surface area (Å²) >= 11 is 5.92. The summed E-state index contributed by atoms with van der Waals surface area (Å²) in [4.78, 5) is 40.3. The number of para-hydroxylation sites is 2. The van der Waals surface area contributed by atoms with Gasteiger partial charge in [-0.1, -0.05) is 29.8 Å². The van der Waals surface area contributed by atoms with E-state index in [0.717, 1.165) is 5.69 Å². The third kappa shape index (κ3) is 5.02. The largest absolute Gasteiger partial charge is 0.366 e. The molecule has 1 N–H and O–H groups in total. The van der Waals surface area contributed by atoms with Gasteiger partial charge < -0.3 is 15.1 Å². The van der Waals surface area contributed by atoms with Crippen LogP contribution in [0.5, 0.6) is 0 Å². The first-order valence-corrected chi connectivity index (χ1v) is 11.2. The number of anilines is 2. The molecule has 9 heteroatoms. The third-order valence-corrected chi connectivity index (χ3v) is 6.07. The Balaban J connectivity index is 1.45. The monoisotopic (exact) mass is 478 g/mol. The lowest BCUT2D eigenvalue weighted by Crippen LogP contribution is -2.49. The molecule has 4 rings (SSSR count). The molecule has 2 amide bonds. The van der Waals surface area contributed by atoms with Crippen LogP contribution in [0.1, 0.15) is 26.3 Å². The van der Waals surface area contributed by atoms with E-state index in [9.17, 15) is 19.7 Å². The second-order valence-corrected chi connectivity index (χ2v) is 8.45. The van der Waals surface area contributed by atoms with Crippen LogP contribution in [-0.2, 0) is 0 Å². The van der Waals surface area contributed by atoms with Gasteiger partial charge in [0.2, 0.25) is 0 Å². The van der Waals surface area contributed by atoms with Crippen molar-refractivity contribution in [3.05, 3.63) is 98.6 Å². The molecule has 0 saturated carbocycles. The van der Waals surface area contributed by atoms with Crippen molar-refractivity contribution in [1.29, 1.82) is 0 Å². The van der Waals surface area contributed by atoms with Gasteiger partial charge in [-0.3, -0.25) is 19.7 Å². The molecule has 0 spiro atoms. The molecule has 8 nitrogen and oxygen atoms in total. The summed E-state index contributed by atoms with van der Waals surface area (Å²) < 4.78 is 0. The number of halogens is 1. The summed E-state index contributed by atoms with van der Waals surface area (Å²) in [6.45, 7) is 3.90. The lowest BCUT2D eigenvalue weighted by molar-refractivity contribution is -0.385. The van der Waals surface area contributed by atoms with Crippen molar-refractivity contribution in [3.8, 4) is 0 Å². The van der Waals surface area contributed by atoms with Crippen LogP contribution in [0.4, 0.5) is 17.1 Å². The highest BCUT2D eigenvalue weighted by molar-refractivity contribution is 6.30. The van der Waals surface area contributed by atoms with Gasteiger partial charge in [0, 0.05) is 54.0 Å². The smallest absolute Gasteiger partial charge is 0.273 e. The van der Waals surface area contributed by atoms with E-state index in [-0.39, 0.29) is 17.2 Å². The second-order valence-electron chi connectivity index (χ2n) is 8.02. The van der Waals surface area contributed by atoms with Gasteiger partial charge in [-0.15, -0.1) is 0 Å². The maximum Gasteiger partial charge on any atom is 0.273 e. The number of rotatable bonds is 5. The Kier molecular flexibility index (Phi) is 6.79. The SMILES string of the molecule is Cc1ccc(C(=O)Nc2ccccc2N2CCN(C(=O)c3ccc(Cl)cc3)CC2)cc1[N+](=O)[O-]. The Morgan fingerprint density at radius 2 is 1.59 bits per heavy atom. The van der Waals surface area contributed by atoms with Crippen LogP contribution in [0.3, 0.4) is 0 Å². The number of carbonyl (C=O) groups excluding carboxylic acids is 2. The van der Waals surface area contributed by atoms with E-state index in [4.69, 9.17) is 11.6 Å². The van der Waals surface area contributed by atoms with E-state index < -0.39 is 10.8 Å². The minimum Gasteiger partial charge on any atom is -0.366 e. The molecule has 3 aromatic rings. The highest BCUT2D eigenvalue weighted by atomic mass is 35.5. The van der Waals surface area contributed by atoms with Crippen LogP contribution in [0, 0.1) is 17.0 Å². The quantitative estimate of drug-likeness (QED) is 0.421. The standard InChI is InChI=1S/C25H23ClN4O4/c1-17-6-7-19(16-23(17)30(33)34)24(31)27-21-4-2-3-5-22(21)28-12-14-29(15-13-28)25(32)18-8-10-20(26)11-9-18/h2-11,16H,12-15H2,1H3,(H,27,31). The first kappa shape index (κ1) is 23.3. The molecule has 1 saturated heterocycles. The van der Waals surface area contributed by atoms with Crippen molar-refractivity contribution >= 4 is 40.5 Å². The summed E-state index contributed by atoms with van der Waals surface area (Å²) in [5, 5.41) is 14.7. The van der Waals surface area contributed by atoms with Gasteiger partial charge in [0.05, 0.1) is 16.3 Å². The fraction of sp³-hybridized carbons (Fsp3) is 0.200. The Hall–Kier alpha value is -3.91. The predicted molar refractivity (Wildman–Crippen MR) is 132 cm³/mol. The second kappa shape index (κ2) is 9.93. The molecule has 0 aromatic heterocycles. The zero-order valence-electron chi connectivity index (χ0n) is 18.5. The maximum atomic E-state index is 12.8. The van der Waals surface area contributed by atoms with Crippen LogP contribution < -0.4 is 10.2 Å². The average molecular weight is 479 g/mol. The Bertz CT molecular complexity index is 1240. The number of nitro benzene ring substituents is 1. The number of amides is 2. The summed E-state index contributed by atoms with van der Waals surface area (Å²) in [5.41, 5.74) is 2.64. The number of nitrogens with one attached hydrogen (secondary N) is 1. The first-order valence-electron chi connectivity index (χ1n) is 10.8. The summed E-state index contributed by atoms with van der Waals surface area (Å²) in [5.74, 6) is -0.467. The van der Waals surface area contributed by atoms with E-state index in [1.165, 1.54) is 6.07 Å². The molecule has 0 aliphatic carbocycles. The molecule has 0 radical (unpaired) electrons. The first-order chi connectivity index (χ1) is 16.3. The normalized spacial score (nSPS) is 13.5. The predicted octanol–water partition coefficient (Wildman–Crippen LogP) is 4.77. The van der Waals surface area contributed by atoms with E-state index in [2.05, 4.69) is 10.2 Å². The fourth-order valence-corrected chi connectivity index (χ4v) is 4.05. The van der Waals surface area contributed by atoms with Gasteiger partial charge in [0.15, 0.2) is 0 Å². The number of nitrogens with zero attached hydrogens (tertiary/aromatic N) is 3. The van der Waals surface area contributed by atoms with Crippen LogP contribution in [0.15, 0.2) is 66.7 Å². The minimum atomic E-state index is -0.495. The van der Waals surface area contributed by atoms with Crippen molar-refractivity contribution in [3.63, 3.8) is 0 Å². The number of carbonyl (C=O) groups is 2. The highest BCUT2D eigenvalue weighted by Gasteiger charge is 2.24. The molecule has 0 bridgehead atoms. The molecule has 0 unspecified atom stereocenters. The molecule has 174 valence electrons. The van der Waals surface area contributed by atoms with E-state index >= 15 is 0 Å². The minimum absolute atomic E-state index is 0.0427. The third-order valence-electron chi connectivity index (χ3n) is 5.82. The van der Waals surface area contributed by atoms with Gasteiger partial charge >= 0.3 is 0 Å². The molecule has 1 aliphatic rings. The van der Waals surface area contributed by atoms with Gasteiger partial charge in [-0.25, -0.2) is 0 Å². The van der Waals surface area contributed by atoms with Gasteiger partial charge in [0.1, 0.15) is 0 Å². The van der Waals surface area contributed by atoms with E-state index in [0.29, 0.717) is 48.0 Å². The number of piperazine rings is 1. The van der Waals surface area contributed by atoms with Crippen LogP contribution in [-0.4, -0.2) is 47.8 Å². The van der Waals surface area contributed by atoms with E-state index in [1.807, 2.05) is 18.2 Å². The van der Waals surface area contributed by atoms with Crippen molar-refractivity contribution in [1.82, 2.24) is 4.90 Å². The topological polar surface area (TPSA) is 95.8 Å². The number of benzene rings is 3. The molecule has 3 aromatic carbocycles. The van der Waals surface area contributed by atoms with Crippen molar-refractivity contribution in [2.24, 2.45) is 0 Å². The molecule has 1 aliphatic heterocycles. The maximum absolute atomic E-state index is 12.8. The van der Waals surface area contributed by atoms with E-state index in [1.54, 1.807) is 54.3 Å². The molecular formula is C25H23ClN4O4. The molecular weight excluding hydrogens is 456 g/mol. The van der Waals surface area contributed by atoms with Crippen molar-refractivity contribution < 1.29 is 14.5 Å². The molecule has 1 fully saturated rings. The summed E-state index contributed by atoms with van der Waals surface area (Å²) in [6, 6.07) is 18.7. The van der Waals surface area contributed by atoms with Gasteiger partial charge in [-0.05, 0) is 49.4 Å². The summed E-state index contributed by atoms with van der Waals surface area (Å²) in [6.07, 6.45) is 0. The van der Waals surface area contributed by atoms with Crippen LogP contribution in [0.25, 0.3) is 0 Å². The molecule has 34 heavy (non-hydrogen) atoms. The number of aryl methyl sites for hydroxylation is 1. The lowest BCUT2D eigenvalue weighted by Gasteiger charge is -2.37. The van der Waals surface area contributed by atoms with Crippen LogP contribution in [0.2, 0.25) is 5.02 Å². The average Bonchev–Trinajstić information content (AvgIpc) is 2.84. The fourth-order valence-electron chi connectivity index (χ4n) is 3.92. The molecule has 1 heterocycles. The number of hydrogen-bond donors (Lipinski definition) is 1. The Morgan fingerprint density at radius 3 is 2.26 bits per heavy atom. The zero-order valence-corrected chi connectivity index (χ0v) is 19.3. The van der Waals surface area contributed by atoms with Crippen molar-refractivity contribution in [2.75, 3.05) is 36.4 Å².